The zero-order chi connectivity index (χ0) is 35.4. The van der Waals surface area contributed by atoms with Gasteiger partial charge >= 0.3 is 51.4 Å². The average molecular weight is 738 g/mol. The Morgan fingerprint density at radius 3 is 1.88 bits per heavy atom. The number of amides is 1. The van der Waals surface area contributed by atoms with Crippen molar-refractivity contribution in [3.05, 3.63) is 106 Å². The Morgan fingerprint density at radius 1 is 0.712 bits per heavy atom. The van der Waals surface area contributed by atoms with Crippen molar-refractivity contribution < 1.29 is 74.5 Å². The number of fused-ring (bicyclic) bond motifs is 8. The molecule has 2 N–H and O–H groups in total. The van der Waals surface area contributed by atoms with Gasteiger partial charge in [0, 0.05) is 43.6 Å². The molecule has 0 fully saturated rings. The van der Waals surface area contributed by atoms with Gasteiger partial charge in [-0.3, -0.25) is 4.79 Å². The number of anilines is 1. The van der Waals surface area contributed by atoms with Gasteiger partial charge in [0.15, 0.2) is 5.65 Å². The number of sulfonamides is 1. The number of nitrogens with one attached hydrogen (secondary N) is 2. The van der Waals surface area contributed by atoms with E-state index >= 15 is 0 Å². The number of carboxylic acids is 1. The molecule has 0 saturated heterocycles. The summed E-state index contributed by atoms with van der Waals surface area (Å²) in [6, 6.07) is 21.7. The Kier molecular flexibility index (Phi) is 9.99. The van der Waals surface area contributed by atoms with Gasteiger partial charge in [0.1, 0.15) is 5.69 Å². The van der Waals surface area contributed by atoms with Gasteiger partial charge in [-0.2, -0.15) is 0 Å². The molecule has 2 aliphatic carbocycles. The Hall–Kier alpha value is -4.15. The van der Waals surface area contributed by atoms with Crippen molar-refractivity contribution in [1.29, 1.82) is 0 Å². The van der Waals surface area contributed by atoms with Crippen molar-refractivity contribution in [1.82, 2.24) is 30.0 Å². The molecule has 0 saturated carbocycles. The third kappa shape index (κ3) is 6.64. The molecule has 8 rings (SSSR count). The van der Waals surface area contributed by atoms with E-state index in [0.29, 0.717) is 33.8 Å². The molecule has 4 heterocycles. The van der Waals surface area contributed by atoms with Gasteiger partial charge in [-0.05, 0) is 89.7 Å². The second-order valence-electron chi connectivity index (χ2n) is 12.9. The standard InChI is InChI=1S/C38H33N7O5S.K/c1-45(2)29-7-3-5-21-6-4-8-30(31(21)29)51(49,50)40-18-17-39-37(46)27-15-13-22-9-11-24-19-26-20-25-12-10-23-14-16-28(38(47)48)42-33(23)35(25)44-36(26)43-34(24)32(22)41-27;/h3-8,13-16,19-20,40H,9-12,17-18H2,1-2H3,(H,39,46)(H,47,48);/q;+1/p-1. The van der Waals surface area contributed by atoms with Crippen molar-refractivity contribution in [2.24, 2.45) is 0 Å². The minimum absolute atomic E-state index is 0. The first kappa shape index (κ1) is 36.2. The molecule has 0 unspecified atom stereocenters. The normalized spacial score (nSPS) is 13.0. The number of carbonyl (C=O) groups is 2. The molecule has 1 amide bonds. The summed E-state index contributed by atoms with van der Waals surface area (Å²) in [7, 11) is -0.156. The number of hydrogen-bond donors (Lipinski definition) is 2. The Balaban J connectivity index is 0.00000420. The predicted octanol–water partition coefficient (Wildman–Crippen LogP) is 0.246. The first-order valence-corrected chi connectivity index (χ1v) is 18.1. The van der Waals surface area contributed by atoms with E-state index in [2.05, 4.69) is 21.1 Å². The molecule has 0 radical (unpaired) electrons. The van der Waals surface area contributed by atoms with E-state index in [-0.39, 0.29) is 80.8 Å². The first-order valence-electron chi connectivity index (χ1n) is 16.6. The summed E-state index contributed by atoms with van der Waals surface area (Å²) in [5.74, 6) is -1.79. The van der Waals surface area contributed by atoms with E-state index in [0.717, 1.165) is 64.4 Å². The monoisotopic (exact) mass is 737 g/mol. The van der Waals surface area contributed by atoms with Crippen LogP contribution in [-0.4, -0.2) is 67.4 Å². The summed E-state index contributed by atoms with van der Waals surface area (Å²) < 4.78 is 29.4. The van der Waals surface area contributed by atoms with Crippen molar-refractivity contribution in [3.63, 3.8) is 0 Å². The summed E-state index contributed by atoms with van der Waals surface area (Å²) in [5, 5.41) is 16.6. The first-order chi connectivity index (χ1) is 24.6. The van der Waals surface area contributed by atoms with Gasteiger partial charge in [0.05, 0.1) is 39.3 Å². The number of pyridine rings is 4. The van der Waals surface area contributed by atoms with Gasteiger partial charge < -0.3 is 20.1 Å². The number of rotatable bonds is 8. The number of aromatic carboxylic acids is 1. The summed E-state index contributed by atoms with van der Waals surface area (Å²) >= 11 is 0. The molecule has 0 aliphatic heterocycles. The molecule has 52 heavy (non-hydrogen) atoms. The molecule has 14 heteroatoms. The van der Waals surface area contributed by atoms with Crippen LogP contribution in [0, 0.1) is 0 Å². The minimum Gasteiger partial charge on any atom is -0.543 e. The molecule has 0 spiro atoms. The largest absolute Gasteiger partial charge is 1.00 e. The summed E-state index contributed by atoms with van der Waals surface area (Å²) in [4.78, 5) is 45.7. The summed E-state index contributed by atoms with van der Waals surface area (Å²) in [6.07, 6.45) is 2.96. The van der Waals surface area contributed by atoms with E-state index in [4.69, 9.17) is 15.0 Å². The molecular weight excluding hydrogens is 706 g/mol. The van der Waals surface area contributed by atoms with Crippen molar-refractivity contribution in [2.45, 2.75) is 30.6 Å². The van der Waals surface area contributed by atoms with Gasteiger partial charge in [-0.15, -0.1) is 0 Å². The number of benzene rings is 2. The Morgan fingerprint density at radius 2 is 1.27 bits per heavy atom. The van der Waals surface area contributed by atoms with E-state index < -0.39 is 21.9 Å². The van der Waals surface area contributed by atoms with Crippen LogP contribution in [0.2, 0.25) is 0 Å². The maximum atomic E-state index is 13.4. The van der Waals surface area contributed by atoms with Gasteiger partial charge in [-0.1, -0.05) is 36.4 Å². The van der Waals surface area contributed by atoms with E-state index in [1.165, 1.54) is 6.07 Å². The van der Waals surface area contributed by atoms with Crippen LogP contribution in [0.4, 0.5) is 5.69 Å². The maximum absolute atomic E-state index is 13.4. The molecule has 12 nitrogen and oxygen atoms in total. The zero-order valence-corrected chi connectivity index (χ0v) is 32.8. The smallest absolute Gasteiger partial charge is 0.543 e. The number of carbonyl (C=O) groups excluding carboxylic acids is 2. The average Bonchev–Trinajstić information content (AvgIpc) is 3.13. The third-order valence-electron chi connectivity index (χ3n) is 9.46. The quantitative estimate of drug-likeness (QED) is 0.163. The van der Waals surface area contributed by atoms with Gasteiger partial charge in [0.2, 0.25) is 10.0 Å². The van der Waals surface area contributed by atoms with Crippen molar-refractivity contribution in [3.8, 4) is 22.8 Å². The number of aryl methyl sites for hydroxylation is 4. The molecule has 0 atom stereocenters. The topological polar surface area (TPSA) is 170 Å². The van der Waals surface area contributed by atoms with E-state index in [1.54, 1.807) is 24.3 Å². The molecule has 256 valence electrons. The number of hydrogen-bond acceptors (Lipinski definition) is 10. The Labute approximate surface area is 342 Å². The Bertz CT molecular complexity index is 2560. The molecule has 0 bridgehead atoms. The van der Waals surface area contributed by atoms with E-state index in [9.17, 15) is 23.1 Å². The van der Waals surface area contributed by atoms with Gasteiger partial charge in [0.25, 0.3) is 5.91 Å². The third-order valence-corrected chi connectivity index (χ3v) is 11.0. The fraction of sp³-hybridized carbons (Fsp3) is 0.211. The fourth-order valence-electron chi connectivity index (χ4n) is 6.97. The summed E-state index contributed by atoms with van der Waals surface area (Å²) in [5.41, 5.74) is 7.50. The SMILES string of the molecule is CN(C)c1cccc2cccc(S(=O)(=O)NCCNC(=O)c3ccc4c(n3)-c3nc5nc6c(cc5cc3CC4)CCc3ccc(C(=O)[O-])nc3-6)c12.[K+]. The fourth-order valence-corrected chi connectivity index (χ4v) is 8.24. The van der Waals surface area contributed by atoms with Crippen LogP contribution in [0.5, 0.6) is 0 Å². The van der Waals surface area contributed by atoms with E-state index in [1.807, 2.05) is 55.4 Å². The second-order valence-corrected chi connectivity index (χ2v) is 14.6. The van der Waals surface area contributed by atoms with Gasteiger partial charge in [-0.25, -0.2) is 33.1 Å². The number of carboxylic acid groups (broad SMARTS) is 1. The van der Waals surface area contributed by atoms with Crippen LogP contribution in [0.25, 0.3) is 44.6 Å². The second kappa shape index (κ2) is 14.3. The molecule has 4 aromatic heterocycles. The molecular formula is C38H32KN7O5S. The van der Waals surface area contributed by atoms with Crippen molar-refractivity contribution >= 4 is 49.4 Å². The van der Waals surface area contributed by atoms with Crippen LogP contribution in [0.1, 0.15) is 43.2 Å². The molecule has 6 aromatic rings. The predicted molar refractivity (Wildman–Crippen MR) is 191 cm³/mol. The van der Waals surface area contributed by atoms with Crippen molar-refractivity contribution in [2.75, 3.05) is 32.1 Å². The van der Waals surface area contributed by atoms with Crippen LogP contribution in [0.15, 0.2) is 77.7 Å². The van der Waals surface area contributed by atoms with Crippen LogP contribution in [-0.2, 0) is 35.7 Å². The van der Waals surface area contributed by atoms with Crippen LogP contribution < -0.4 is 71.4 Å². The maximum Gasteiger partial charge on any atom is 1.00 e. The van der Waals surface area contributed by atoms with Crippen LogP contribution in [0.3, 0.4) is 0 Å². The number of nitrogens with zero attached hydrogens (tertiary/aromatic N) is 5. The molecule has 2 aromatic carbocycles. The number of aromatic nitrogens is 4. The minimum atomic E-state index is -3.89. The summed E-state index contributed by atoms with van der Waals surface area (Å²) in [6.45, 7) is 0.0279. The zero-order valence-electron chi connectivity index (χ0n) is 28.9. The van der Waals surface area contributed by atoms with Crippen LogP contribution >= 0.6 is 0 Å². The molecule has 2 aliphatic rings.